The topological polar surface area (TPSA) is 59.0 Å². The highest BCUT2D eigenvalue weighted by Crippen LogP contribution is 2.20. The maximum absolute atomic E-state index is 11.9. The maximum Gasteiger partial charge on any atom is 0.387 e. The van der Waals surface area contributed by atoms with Crippen molar-refractivity contribution >= 4 is 12.4 Å². The van der Waals surface area contributed by atoms with Crippen LogP contribution in [0.15, 0.2) is 24.3 Å². The van der Waals surface area contributed by atoms with Crippen LogP contribution >= 0.6 is 12.4 Å². The zero-order chi connectivity index (χ0) is 11.3. The molecular weight excluding hydrogens is 238 g/mol. The molecule has 0 aliphatic rings. The number of nitriles is 1. The average molecular weight is 249 g/mol. The first-order valence-electron chi connectivity index (χ1n) is 4.31. The summed E-state index contributed by atoms with van der Waals surface area (Å²) in [6.45, 7) is -2.85. The second-order valence-electron chi connectivity index (χ2n) is 2.92. The van der Waals surface area contributed by atoms with Gasteiger partial charge in [0, 0.05) is 6.04 Å². The van der Waals surface area contributed by atoms with Crippen LogP contribution in [-0.2, 0) is 0 Å². The Labute approximate surface area is 98.2 Å². The summed E-state index contributed by atoms with van der Waals surface area (Å²) in [5.41, 5.74) is 6.25. The summed E-state index contributed by atoms with van der Waals surface area (Å²) in [7, 11) is 0. The number of halogens is 3. The molecule has 0 spiro atoms. The van der Waals surface area contributed by atoms with Crippen LogP contribution in [0, 0.1) is 11.3 Å². The summed E-state index contributed by atoms with van der Waals surface area (Å²) in [5, 5.41) is 8.43. The fourth-order valence-corrected chi connectivity index (χ4v) is 1.14. The number of hydrogen-bond donors (Lipinski definition) is 1. The highest BCUT2D eigenvalue weighted by molar-refractivity contribution is 5.85. The Kier molecular flexibility index (Phi) is 6.38. The van der Waals surface area contributed by atoms with E-state index in [-0.39, 0.29) is 24.6 Å². The van der Waals surface area contributed by atoms with Gasteiger partial charge in [-0.15, -0.1) is 12.4 Å². The molecule has 0 bridgehead atoms. The lowest BCUT2D eigenvalue weighted by molar-refractivity contribution is -0.0498. The van der Waals surface area contributed by atoms with Crippen molar-refractivity contribution in [2.75, 3.05) is 0 Å². The molecule has 1 aromatic carbocycles. The lowest BCUT2D eigenvalue weighted by atomic mass is 10.1. The van der Waals surface area contributed by atoms with Crippen molar-refractivity contribution in [3.8, 4) is 11.8 Å². The van der Waals surface area contributed by atoms with E-state index in [0.717, 1.165) is 0 Å². The van der Waals surface area contributed by atoms with Crippen molar-refractivity contribution in [1.29, 1.82) is 5.26 Å². The summed E-state index contributed by atoms with van der Waals surface area (Å²) in [6.07, 6.45) is 0.137. The second kappa shape index (κ2) is 6.99. The average Bonchev–Trinajstić information content (AvgIpc) is 2.17. The molecule has 0 unspecified atom stereocenters. The van der Waals surface area contributed by atoms with Crippen LogP contribution < -0.4 is 10.5 Å². The van der Waals surface area contributed by atoms with Gasteiger partial charge in [-0.3, -0.25) is 0 Å². The van der Waals surface area contributed by atoms with Crippen molar-refractivity contribution in [2.24, 2.45) is 5.73 Å². The minimum Gasteiger partial charge on any atom is -0.435 e. The fraction of sp³-hybridized carbons (Fsp3) is 0.300. The number of ether oxygens (including phenoxy) is 1. The van der Waals surface area contributed by atoms with Gasteiger partial charge in [-0.2, -0.15) is 14.0 Å². The maximum atomic E-state index is 11.9. The summed E-state index contributed by atoms with van der Waals surface area (Å²) in [6, 6.07) is 7.49. The fourth-order valence-electron chi connectivity index (χ4n) is 1.14. The van der Waals surface area contributed by atoms with Gasteiger partial charge in [0.15, 0.2) is 0 Å². The zero-order valence-electron chi connectivity index (χ0n) is 8.27. The third kappa shape index (κ3) is 4.43. The van der Waals surface area contributed by atoms with E-state index in [1.165, 1.54) is 12.1 Å². The van der Waals surface area contributed by atoms with Crippen LogP contribution in [0.5, 0.6) is 5.75 Å². The molecule has 3 nitrogen and oxygen atoms in total. The predicted octanol–water partition coefficient (Wildman–Crippen LogP) is 2.62. The van der Waals surface area contributed by atoms with Gasteiger partial charge in [0.1, 0.15) is 5.75 Å². The molecule has 0 heterocycles. The highest BCUT2D eigenvalue weighted by atomic mass is 35.5. The number of nitrogens with two attached hydrogens (primary N) is 1. The summed E-state index contributed by atoms with van der Waals surface area (Å²) in [5.74, 6) is 0.0517. The third-order valence-corrected chi connectivity index (χ3v) is 1.82. The monoisotopic (exact) mass is 248 g/mol. The first-order chi connectivity index (χ1) is 7.13. The van der Waals surface area contributed by atoms with Gasteiger partial charge in [0.05, 0.1) is 12.5 Å². The van der Waals surface area contributed by atoms with Gasteiger partial charge in [0.25, 0.3) is 0 Å². The largest absolute Gasteiger partial charge is 0.435 e. The molecule has 6 heteroatoms. The highest BCUT2D eigenvalue weighted by Gasteiger charge is 2.08. The van der Waals surface area contributed by atoms with Crippen LogP contribution in [0.2, 0.25) is 0 Å². The SMILES string of the molecule is Cl.N#CC[C@@H](N)c1cccc(OC(F)F)c1. The van der Waals surface area contributed by atoms with E-state index in [9.17, 15) is 8.78 Å². The molecule has 2 N–H and O–H groups in total. The van der Waals surface area contributed by atoms with Gasteiger partial charge < -0.3 is 10.5 Å². The van der Waals surface area contributed by atoms with Crippen molar-refractivity contribution in [2.45, 2.75) is 19.1 Å². The summed E-state index contributed by atoms with van der Waals surface area (Å²) >= 11 is 0. The quantitative estimate of drug-likeness (QED) is 0.891. The van der Waals surface area contributed by atoms with E-state index < -0.39 is 12.7 Å². The molecule has 0 aliphatic heterocycles. The number of hydrogen-bond acceptors (Lipinski definition) is 3. The van der Waals surface area contributed by atoms with E-state index >= 15 is 0 Å². The molecule has 1 atom stereocenters. The summed E-state index contributed by atoms with van der Waals surface area (Å²) in [4.78, 5) is 0. The molecule has 1 aromatic rings. The molecule has 88 valence electrons. The lowest BCUT2D eigenvalue weighted by Gasteiger charge is -2.10. The lowest BCUT2D eigenvalue weighted by Crippen LogP contribution is -2.10. The molecule has 16 heavy (non-hydrogen) atoms. The van der Waals surface area contributed by atoms with E-state index in [1.807, 2.05) is 6.07 Å². The Morgan fingerprint density at radius 3 is 2.69 bits per heavy atom. The standard InChI is InChI=1S/C10H10F2N2O.ClH/c11-10(12)15-8-3-1-2-7(6-8)9(14)4-5-13;/h1-3,6,9-10H,4,14H2;1H/t9-;/m1./s1. The first kappa shape index (κ1) is 14.6. The van der Waals surface area contributed by atoms with Crippen LogP contribution in [0.3, 0.4) is 0 Å². The molecule has 0 saturated heterocycles. The van der Waals surface area contributed by atoms with Crippen molar-refractivity contribution in [3.05, 3.63) is 29.8 Å². The van der Waals surface area contributed by atoms with E-state index in [1.54, 1.807) is 12.1 Å². The Morgan fingerprint density at radius 2 is 2.12 bits per heavy atom. The first-order valence-corrected chi connectivity index (χ1v) is 4.31. The number of nitrogens with zero attached hydrogens (tertiary/aromatic N) is 1. The van der Waals surface area contributed by atoms with Crippen molar-refractivity contribution in [1.82, 2.24) is 0 Å². The molecule has 0 amide bonds. The zero-order valence-corrected chi connectivity index (χ0v) is 9.08. The van der Waals surface area contributed by atoms with Crippen LogP contribution in [-0.4, -0.2) is 6.61 Å². The van der Waals surface area contributed by atoms with Crippen LogP contribution in [0.1, 0.15) is 18.0 Å². The molecular formula is C10H11ClF2N2O. The number of benzene rings is 1. The minimum atomic E-state index is -2.85. The van der Waals surface area contributed by atoms with Crippen molar-refractivity contribution in [3.63, 3.8) is 0 Å². The molecule has 0 aliphatic carbocycles. The van der Waals surface area contributed by atoms with Gasteiger partial charge in [-0.05, 0) is 17.7 Å². The van der Waals surface area contributed by atoms with Gasteiger partial charge >= 0.3 is 6.61 Å². The van der Waals surface area contributed by atoms with E-state index in [0.29, 0.717) is 5.56 Å². The molecule has 0 radical (unpaired) electrons. The van der Waals surface area contributed by atoms with Gasteiger partial charge in [-0.25, -0.2) is 0 Å². The van der Waals surface area contributed by atoms with Gasteiger partial charge in [-0.1, -0.05) is 12.1 Å². The Bertz CT molecular complexity index is 368. The van der Waals surface area contributed by atoms with Crippen molar-refractivity contribution < 1.29 is 13.5 Å². The summed E-state index contributed by atoms with van der Waals surface area (Å²) < 4.78 is 28.0. The minimum absolute atomic E-state index is 0. The van der Waals surface area contributed by atoms with Gasteiger partial charge in [0.2, 0.25) is 0 Å². The molecule has 1 rings (SSSR count). The Hall–Kier alpha value is -1.38. The smallest absolute Gasteiger partial charge is 0.387 e. The van der Waals surface area contributed by atoms with E-state index in [2.05, 4.69) is 4.74 Å². The number of rotatable bonds is 4. The van der Waals surface area contributed by atoms with Crippen LogP contribution in [0.25, 0.3) is 0 Å². The molecule has 0 aromatic heterocycles. The Balaban J connectivity index is 0.00000225. The number of alkyl halides is 2. The normalized spacial score (nSPS) is 11.4. The van der Waals surface area contributed by atoms with E-state index in [4.69, 9.17) is 11.0 Å². The third-order valence-electron chi connectivity index (χ3n) is 1.82. The molecule has 0 saturated carbocycles. The van der Waals surface area contributed by atoms with Crippen LogP contribution in [0.4, 0.5) is 8.78 Å². The molecule has 0 fully saturated rings. The second-order valence-corrected chi connectivity index (χ2v) is 2.92. The predicted molar refractivity (Wildman–Crippen MR) is 57.5 cm³/mol. The Morgan fingerprint density at radius 1 is 1.44 bits per heavy atom.